The Morgan fingerprint density at radius 1 is 1.00 bits per heavy atom. The van der Waals surface area contributed by atoms with Gasteiger partial charge in [-0.2, -0.15) is 0 Å². The summed E-state index contributed by atoms with van der Waals surface area (Å²) in [6, 6.07) is 16.0. The molecule has 0 radical (unpaired) electrons. The van der Waals surface area contributed by atoms with Crippen molar-refractivity contribution in [2.75, 3.05) is 13.1 Å². The summed E-state index contributed by atoms with van der Waals surface area (Å²) in [5.41, 5.74) is 3.08. The van der Waals surface area contributed by atoms with E-state index in [4.69, 9.17) is 0 Å². The summed E-state index contributed by atoms with van der Waals surface area (Å²) in [5.74, 6) is -0.0282. The highest BCUT2D eigenvalue weighted by Crippen LogP contribution is 2.14. The van der Waals surface area contributed by atoms with Crippen LogP contribution in [0.15, 0.2) is 53.0 Å². The van der Waals surface area contributed by atoms with Gasteiger partial charge in [-0.1, -0.05) is 46.6 Å². The second-order valence-electron chi connectivity index (χ2n) is 6.35. The van der Waals surface area contributed by atoms with E-state index < -0.39 is 0 Å². The molecule has 1 saturated heterocycles. The number of hydrogen-bond acceptors (Lipinski definition) is 2. The average molecular weight is 387 g/mol. The second-order valence-corrected chi connectivity index (χ2v) is 7.26. The van der Waals surface area contributed by atoms with E-state index in [0.29, 0.717) is 12.1 Å². The summed E-state index contributed by atoms with van der Waals surface area (Å²) in [6.07, 6.45) is 3.96. The Morgan fingerprint density at radius 3 is 2.46 bits per heavy atom. The van der Waals surface area contributed by atoms with Crippen molar-refractivity contribution in [3.63, 3.8) is 0 Å². The number of nitrogens with zero attached hydrogens (tertiary/aromatic N) is 1. The highest BCUT2D eigenvalue weighted by molar-refractivity contribution is 9.10. The number of amides is 1. The largest absolute Gasteiger partial charge is 0.348 e. The first-order valence-electron chi connectivity index (χ1n) is 8.55. The molecule has 0 aromatic heterocycles. The Balaban J connectivity index is 1.53. The van der Waals surface area contributed by atoms with Crippen LogP contribution < -0.4 is 5.32 Å². The maximum Gasteiger partial charge on any atom is 0.251 e. The normalized spacial score (nSPS) is 15.2. The van der Waals surface area contributed by atoms with Gasteiger partial charge in [0.15, 0.2) is 0 Å². The molecular weight excluding hydrogens is 364 g/mol. The number of nitrogens with one attached hydrogen (secondary N) is 1. The molecule has 3 rings (SSSR count). The van der Waals surface area contributed by atoms with Crippen molar-refractivity contribution >= 4 is 21.8 Å². The van der Waals surface area contributed by atoms with Crippen LogP contribution in [0.3, 0.4) is 0 Å². The zero-order valence-electron chi connectivity index (χ0n) is 13.8. The molecule has 0 aliphatic carbocycles. The van der Waals surface area contributed by atoms with Gasteiger partial charge < -0.3 is 5.32 Å². The average Bonchev–Trinajstić information content (AvgIpc) is 2.61. The molecule has 0 bridgehead atoms. The van der Waals surface area contributed by atoms with Crippen molar-refractivity contribution in [3.05, 3.63) is 69.7 Å². The molecule has 3 nitrogen and oxygen atoms in total. The zero-order chi connectivity index (χ0) is 16.8. The van der Waals surface area contributed by atoms with Gasteiger partial charge in [0.2, 0.25) is 0 Å². The van der Waals surface area contributed by atoms with E-state index in [9.17, 15) is 4.79 Å². The van der Waals surface area contributed by atoms with Gasteiger partial charge in [0.1, 0.15) is 0 Å². The van der Waals surface area contributed by atoms with Crippen molar-refractivity contribution in [1.82, 2.24) is 10.2 Å². The summed E-state index contributed by atoms with van der Waals surface area (Å²) in [5, 5.41) is 2.97. The molecule has 0 atom stereocenters. The number of hydrogen-bond donors (Lipinski definition) is 1. The van der Waals surface area contributed by atoms with Crippen LogP contribution in [0.25, 0.3) is 0 Å². The molecule has 1 N–H and O–H groups in total. The quantitative estimate of drug-likeness (QED) is 0.827. The number of piperidine rings is 1. The van der Waals surface area contributed by atoms with E-state index in [1.165, 1.54) is 37.9 Å². The minimum absolute atomic E-state index is 0.0282. The lowest BCUT2D eigenvalue weighted by atomic mass is 10.1. The standard InChI is InChI=1S/C20H23BrN2O/c21-19-6-4-5-17(13-19)14-22-20(24)18-9-7-16(8-10-18)15-23-11-2-1-3-12-23/h4-10,13H,1-3,11-12,14-15H2,(H,22,24). The topological polar surface area (TPSA) is 32.3 Å². The summed E-state index contributed by atoms with van der Waals surface area (Å²) in [6.45, 7) is 3.90. The number of rotatable bonds is 5. The lowest BCUT2D eigenvalue weighted by Crippen LogP contribution is -2.29. The van der Waals surface area contributed by atoms with Crippen LogP contribution in [-0.2, 0) is 13.1 Å². The van der Waals surface area contributed by atoms with Crippen LogP contribution in [0, 0.1) is 0 Å². The fraction of sp³-hybridized carbons (Fsp3) is 0.350. The Bertz CT molecular complexity index is 678. The highest BCUT2D eigenvalue weighted by Gasteiger charge is 2.11. The fourth-order valence-electron chi connectivity index (χ4n) is 3.07. The van der Waals surface area contributed by atoms with Crippen molar-refractivity contribution in [2.45, 2.75) is 32.4 Å². The maximum atomic E-state index is 12.3. The minimum Gasteiger partial charge on any atom is -0.348 e. The Hall–Kier alpha value is -1.65. The van der Waals surface area contributed by atoms with Crippen LogP contribution in [0.4, 0.5) is 0 Å². The van der Waals surface area contributed by atoms with Gasteiger partial charge in [0, 0.05) is 23.1 Å². The van der Waals surface area contributed by atoms with Crippen molar-refractivity contribution < 1.29 is 4.79 Å². The van der Waals surface area contributed by atoms with Gasteiger partial charge >= 0.3 is 0 Å². The van der Waals surface area contributed by atoms with Gasteiger partial charge in [-0.25, -0.2) is 0 Å². The number of carbonyl (C=O) groups is 1. The van der Waals surface area contributed by atoms with E-state index in [2.05, 4.69) is 38.3 Å². The van der Waals surface area contributed by atoms with E-state index >= 15 is 0 Å². The summed E-state index contributed by atoms with van der Waals surface area (Å²) >= 11 is 3.45. The van der Waals surface area contributed by atoms with Gasteiger partial charge in [-0.3, -0.25) is 9.69 Å². The molecule has 1 aliphatic heterocycles. The zero-order valence-corrected chi connectivity index (χ0v) is 15.4. The molecule has 4 heteroatoms. The van der Waals surface area contributed by atoms with E-state index in [0.717, 1.165) is 16.6 Å². The molecule has 1 fully saturated rings. The van der Waals surface area contributed by atoms with Crippen molar-refractivity contribution in [3.8, 4) is 0 Å². The first-order chi connectivity index (χ1) is 11.7. The molecule has 0 unspecified atom stereocenters. The van der Waals surface area contributed by atoms with Crippen LogP contribution in [-0.4, -0.2) is 23.9 Å². The molecule has 0 spiro atoms. The lowest BCUT2D eigenvalue weighted by Gasteiger charge is -2.26. The first-order valence-corrected chi connectivity index (χ1v) is 9.34. The first kappa shape index (κ1) is 17.2. The third-order valence-corrected chi connectivity index (χ3v) is 4.91. The van der Waals surface area contributed by atoms with Crippen LogP contribution in [0.1, 0.15) is 40.7 Å². The van der Waals surface area contributed by atoms with E-state index in [-0.39, 0.29) is 5.91 Å². The Labute approximate surface area is 152 Å². The highest BCUT2D eigenvalue weighted by atomic mass is 79.9. The Morgan fingerprint density at radius 2 is 1.75 bits per heavy atom. The van der Waals surface area contributed by atoms with Gasteiger partial charge in [0.05, 0.1) is 0 Å². The molecule has 24 heavy (non-hydrogen) atoms. The molecule has 1 aliphatic rings. The van der Waals surface area contributed by atoms with Crippen LogP contribution in [0.5, 0.6) is 0 Å². The molecule has 2 aromatic rings. The Kier molecular flexibility index (Phi) is 6.05. The summed E-state index contributed by atoms with van der Waals surface area (Å²) in [4.78, 5) is 14.8. The fourth-order valence-corrected chi connectivity index (χ4v) is 3.52. The van der Waals surface area contributed by atoms with Gasteiger partial charge in [0.25, 0.3) is 5.91 Å². The summed E-state index contributed by atoms with van der Waals surface area (Å²) in [7, 11) is 0. The van der Waals surface area contributed by atoms with Crippen molar-refractivity contribution in [2.24, 2.45) is 0 Å². The molecule has 1 heterocycles. The minimum atomic E-state index is -0.0282. The molecular formula is C20H23BrN2O. The van der Waals surface area contributed by atoms with Gasteiger partial charge in [-0.15, -0.1) is 0 Å². The third kappa shape index (κ3) is 4.92. The van der Waals surface area contributed by atoms with Crippen molar-refractivity contribution in [1.29, 1.82) is 0 Å². The van der Waals surface area contributed by atoms with Crippen LogP contribution in [0.2, 0.25) is 0 Å². The van der Waals surface area contributed by atoms with Crippen LogP contribution >= 0.6 is 15.9 Å². The van der Waals surface area contributed by atoms with Gasteiger partial charge in [-0.05, 0) is 61.3 Å². The molecule has 1 amide bonds. The smallest absolute Gasteiger partial charge is 0.251 e. The number of likely N-dealkylation sites (tertiary alicyclic amines) is 1. The van der Waals surface area contributed by atoms with E-state index in [1.54, 1.807) is 0 Å². The monoisotopic (exact) mass is 386 g/mol. The predicted molar refractivity (Wildman–Crippen MR) is 101 cm³/mol. The second kappa shape index (κ2) is 8.45. The maximum absolute atomic E-state index is 12.3. The lowest BCUT2D eigenvalue weighted by molar-refractivity contribution is 0.0951. The van der Waals surface area contributed by atoms with E-state index in [1.807, 2.05) is 36.4 Å². The number of carbonyl (C=O) groups excluding carboxylic acids is 1. The third-order valence-electron chi connectivity index (χ3n) is 4.41. The summed E-state index contributed by atoms with van der Waals surface area (Å²) < 4.78 is 1.02. The number of halogens is 1. The SMILES string of the molecule is O=C(NCc1cccc(Br)c1)c1ccc(CN2CCCCC2)cc1. The predicted octanol–water partition coefficient (Wildman–Crippen LogP) is 4.37. The molecule has 0 saturated carbocycles. The number of benzene rings is 2. The molecule has 126 valence electrons. The molecule has 2 aromatic carbocycles.